The van der Waals surface area contributed by atoms with Gasteiger partial charge in [0, 0.05) is 51.1 Å². The lowest BCUT2D eigenvalue weighted by Gasteiger charge is -2.30. The lowest BCUT2D eigenvalue weighted by atomic mass is 10.1. The first-order valence-corrected chi connectivity index (χ1v) is 10.3. The fourth-order valence-electron chi connectivity index (χ4n) is 3.76. The standard InChI is InChI=1S/C22H35N3O3/c1-6-16(2)25(21(26)15-28-5)14-18-13-19(11-12-20(18)24(3)4)23-22(27)17-9-7-8-10-17/h11-13,16-17H,6-10,14-15H2,1-5H3,(H,23,27)/t16-/m0/s1. The summed E-state index contributed by atoms with van der Waals surface area (Å²) < 4.78 is 5.07. The second kappa shape index (κ2) is 10.5. The topological polar surface area (TPSA) is 61.9 Å². The predicted molar refractivity (Wildman–Crippen MR) is 114 cm³/mol. The van der Waals surface area contributed by atoms with Crippen LogP contribution in [0.25, 0.3) is 0 Å². The summed E-state index contributed by atoms with van der Waals surface area (Å²) in [7, 11) is 5.51. The van der Waals surface area contributed by atoms with E-state index in [1.165, 1.54) is 7.11 Å². The summed E-state index contributed by atoms with van der Waals surface area (Å²) in [5.41, 5.74) is 2.84. The highest BCUT2D eigenvalue weighted by molar-refractivity contribution is 5.93. The molecule has 0 aliphatic heterocycles. The van der Waals surface area contributed by atoms with Crippen LogP contribution in [0.4, 0.5) is 11.4 Å². The molecular formula is C22H35N3O3. The average molecular weight is 390 g/mol. The number of hydrogen-bond donors (Lipinski definition) is 1. The maximum absolute atomic E-state index is 12.6. The van der Waals surface area contributed by atoms with Gasteiger partial charge in [0.05, 0.1) is 0 Å². The van der Waals surface area contributed by atoms with Crippen LogP contribution in [-0.2, 0) is 20.9 Å². The number of benzene rings is 1. The van der Waals surface area contributed by atoms with Crippen molar-refractivity contribution in [2.24, 2.45) is 5.92 Å². The Kier molecular flexibility index (Phi) is 8.30. The Morgan fingerprint density at radius 3 is 2.50 bits per heavy atom. The first-order chi connectivity index (χ1) is 13.4. The smallest absolute Gasteiger partial charge is 0.249 e. The van der Waals surface area contributed by atoms with Crippen molar-refractivity contribution in [1.29, 1.82) is 0 Å². The quantitative estimate of drug-likeness (QED) is 0.700. The average Bonchev–Trinajstić information content (AvgIpc) is 3.20. The monoisotopic (exact) mass is 389 g/mol. The Hall–Kier alpha value is -2.08. The van der Waals surface area contributed by atoms with E-state index in [0.717, 1.165) is 49.0 Å². The van der Waals surface area contributed by atoms with Gasteiger partial charge in [-0.3, -0.25) is 9.59 Å². The van der Waals surface area contributed by atoms with E-state index in [4.69, 9.17) is 4.74 Å². The molecule has 1 N–H and O–H groups in total. The molecule has 1 aliphatic rings. The third kappa shape index (κ3) is 5.71. The van der Waals surface area contributed by atoms with E-state index in [2.05, 4.69) is 19.2 Å². The van der Waals surface area contributed by atoms with Crippen LogP contribution >= 0.6 is 0 Å². The van der Waals surface area contributed by atoms with Crippen molar-refractivity contribution in [2.75, 3.05) is 38.0 Å². The van der Waals surface area contributed by atoms with Gasteiger partial charge in [-0.15, -0.1) is 0 Å². The van der Waals surface area contributed by atoms with Crippen LogP contribution in [0.15, 0.2) is 18.2 Å². The molecule has 0 bridgehead atoms. The van der Waals surface area contributed by atoms with Gasteiger partial charge in [-0.25, -0.2) is 0 Å². The summed E-state index contributed by atoms with van der Waals surface area (Å²) in [5, 5.41) is 3.08. The molecule has 156 valence electrons. The van der Waals surface area contributed by atoms with Crippen molar-refractivity contribution in [1.82, 2.24) is 4.90 Å². The number of carbonyl (C=O) groups is 2. The van der Waals surface area contributed by atoms with E-state index in [9.17, 15) is 9.59 Å². The number of nitrogens with one attached hydrogen (secondary N) is 1. The van der Waals surface area contributed by atoms with Crippen molar-refractivity contribution >= 4 is 23.2 Å². The summed E-state index contributed by atoms with van der Waals surface area (Å²) >= 11 is 0. The van der Waals surface area contributed by atoms with Gasteiger partial charge >= 0.3 is 0 Å². The molecule has 6 heteroatoms. The number of ether oxygens (including phenoxy) is 1. The van der Waals surface area contributed by atoms with Gasteiger partial charge in [0.15, 0.2) is 0 Å². The molecule has 1 aromatic carbocycles. The molecule has 1 aliphatic carbocycles. The third-order valence-electron chi connectivity index (χ3n) is 5.61. The number of anilines is 2. The molecule has 1 aromatic rings. The molecule has 0 aromatic heterocycles. The number of carbonyl (C=O) groups excluding carboxylic acids is 2. The minimum Gasteiger partial charge on any atom is -0.377 e. The highest BCUT2D eigenvalue weighted by Crippen LogP contribution is 2.28. The van der Waals surface area contributed by atoms with Crippen LogP contribution < -0.4 is 10.2 Å². The predicted octanol–water partition coefficient (Wildman–Crippen LogP) is 3.65. The highest BCUT2D eigenvalue weighted by atomic mass is 16.5. The Morgan fingerprint density at radius 1 is 1.25 bits per heavy atom. The Balaban J connectivity index is 2.25. The normalized spacial score (nSPS) is 15.3. The molecular weight excluding hydrogens is 354 g/mol. The molecule has 1 atom stereocenters. The molecule has 2 rings (SSSR count). The molecule has 2 amide bonds. The summed E-state index contributed by atoms with van der Waals surface area (Å²) in [6.07, 6.45) is 5.08. The third-order valence-corrected chi connectivity index (χ3v) is 5.61. The molecule has 28 heavy (non-hydrogen) atoms. The fraction of sp³-hybridized carbons (Fsp3) is 0.636. The van der Waals surface area contributed by atoms with Gasteiger partial charge in [-0.1, -0.05) is 19.8 Å². The molecule has 6 nitrogen and oxygen atoms in total. The zero-order valence-electron chi connectivity index (χ0n) is 18.0. The Bertz CT molecular complexity index is 669. The van der Waals surface area contributed by atoms with E-state index in [-0.39, 0.29) is 30.4 Å². The van der Waals surface area contributed by atoms with Crippen LogP contribution in [0.1, 0.15) is 51.5 Å². The number of nitrogens with zero attached hydrogens (tertiary/aromatic N) is 2. The molecule has 0 unspecified atom stereocenters. The van der Waals surface area contributed by atoms with Crippen LogP contribution in [0.3, 0.4) is 0 Å². The first kappa shape index (κ1) is 22.2. The van der Waals surface area contributed by atoms with Gasteiger partial charge in [-0.05, 0) is 49.9 Å². The van der Waals surface area contributed by atoms with Gasteiger partial charge in [0.25, 0.3) is 0 Å². The summed E-state index contributed by atoms with van der Waals surface area (Å²) in [6.45, 7) is 4.68. The van der Waals surface area contributed by atoms with E-state index in [1.54, 1.807) is 0 Å². The van der Waals surface area contributed by atoms with Crippen LogP contribution in [0.5, 0.6) is 0 Å². The van der Waals surface area contributed by atoms with Crippen LogP contribution in [0, 0.1) is 5.92 Å². The second-order valence-electron chi connectivity index (χ2n) is 7.92. The minimum absolute atomic E-state index is 0.0260. The zero-order valence-corrected chi connectivity index (χ0v) is 18.0. The molecule has 0 saturated heterocycles. The van der Waals surface area contributed by atoms with E-state index < -0.39 is 0 Å². The second-order valence-corrected chi connectivity index (χ2v) is 7.92. The van der Waals surface area contributed by atoms with E-state index >= 15 is 0 Å². The van der Waals surface area contributed by atoms with Gasteiger partial charge in [0.1, 0.15) is 6.61 Å². The van der Waals surface area contributed by atoms with Crippen LogP contribution in [0.2, 0.25) is 0 Å². The maximum Gasteiger partial charge on any atom is 0.249 e. The molecule has 1 saturated carbocycles. The minimum atomic E-state index is -0.0260. The lowest BCUT2D eigenvalue weighted by Crippen LogP contribution is -2.40. The SMILES string of the molecule is CC[C@H](C)N(Cc1cc(NC(=O)C2CCCC2)ccc1N(C)C)C(=O)COC. The lowest BCUT2D eigenvalue weighted by molar-refractivity contribution is -0.138. The number of hydrogen-bond acceptors (Lipinski definition) is 4. The molecule has 0 spiro atoms. The maximum atomic E-state index is 12.6. The summed E-state index contributed by atoms with van der Waals surface area (Å²) in [6, 6.07) is 6.05. The van der Waals surface area contributed by atoms with Crippen LogP contribution in [-0.4, -0.2) is 50.6 Å². The largest absolute Gasteiger partial charge is 0.377 e. The van der Waals surface area contributed by atoms with Crippen molar-refractivity contribution in [3.05, 3.63) is 23.8 Å². The number of amides is 2. The number of methoxy groups -OCH3 is 1. The van der Waals surface area contributed by atoms with Gasteiger partial charge in [0.2, 0.25) is 11.8 Å². The van der Waals surface area contributed by atoms with Crippen molar-refractivity contribution in [2.45, 2.75) is 58.5 Å². The van der Waals surface area contributed by atoms with Gasteiger partial charge in [-0.2, -0.15) is 0 Å². The Morgan fingerprint density at radius 2 is 1.93 bits per heavy atom. The zero-order chi connectivity index (χ0) is 20.7. The van der Waals surface area contributed by atoms with Gasteiger partial charge < -0.3 is 19.9 Å². The van der Waals surface area contributed by atoms with Crippen molar-refractivity contribution in [3.8, 4) is 0 Å². The number of rotatable bonds is 9. The van der Waals surface area contributed by atoms with Crippen molar-refractivity contribution < 1.29 is 14.3 Å². The highest BCUT2D eigenvalue weighted by Gasteiger charge is 2.24. The fourth-order valence-corrected chi connectivity index (χ4v) is 3.76. The van der Waals surface area contributed by atoms with E-state index in [0.29, 0.717) is 6.54 Å². The molecule has 1 fully saturated rings. The Labute approximate surface area is 169 Å². The summed E-state index contributed by atoms with van der Waals surface area (Å²) in [4.78, 5) is 29.0. The summed E-state index contributed by atoms with van der Waals surface area (Å²) in [5.74, 6) is 0.203. The van der Waals surface area contributed by atoms with E-state index in [1.807, 2.05) is 42.1 Å². The van der Waals surface area contributed by atoms with Crippen molar-refractivity contribution in [3.63, 3.8) is 0 Å². The first-order valence-electron chi connectivity index (χ1n) is 10.3. The molecule has 0 heterocycles. The molecule has 0 radical (unpaired) electrons.